The van der Waals surface area contributed by atoms with Gasteiger partial charge in [0.15, 0.2) is 5.78 Å². The minimum Gasteiger partial charge on any atom is -0.345 e. The van der Waals surface area contributed by atoms with Crippen molar-refractivity contribution in [2.75, 3.05) is 33.7 Å². The summed E-state index contributed by atoms with van der Waals surface area (Å²) in [5.74, 6) is 0.214. The van der Waals surface area contributed by atoms with Crippen molar-refractivity contribution in [2.45, 2.75) is 45.6 Å². The Hall–Kier alpha value is -1.13. The van der Waals surface area contributed by atoms with Crippen LogP contribution in [0.5, 0.6) is 0 Å². The van der Waals surface area contributed by atoms with E-state index in [2.05, 4.69) is 34.7 Å². The molecule has 0 spiro atoms. The minimum atomic E-state index is 0.214. The molecule has 1 aliphatic carbocycles. The molecule has 0 unspecified atom stereocenters. The average Bonchev–Trinajstić information content (AvgIpc) is 3.02. The summed E-state index contributed by atoms with van der Waals surface area (Å²) in [7, 11) is 4.08. The van der Waals surface area contributed by atoms with Crippen LogP contribution >= 0.6 is 0 Å². The Morgan fingerprint density at radius 2 is 2.00 bits per heavy atom. The number of rotatable bonds is 7. The number of nitrogens with zero attached hydrogens (tertiary/aromatic N) is 2. The van der Waals surface area contributed by atoms with Crippen molar-refractivity contribution < 1.29 is 4.79 Å². The zero-order valence-electron chi connectivity index (χ0n) is 13.9. The van der Waals surface area contributed by atoms with E-state index in [0.717, 1.165) is 24.3 Å². The fourth-order valence-electron chi connectivity index (χ4n) is 3.38. The molecule has 1 N–H and O–H groups in total. The summed E-state index contributed by atoms with van der Waals surface area (Å²) < 4.78 is 2.39. The van der Waals surface area contributed by atoms with E-state index >= 15 is 0 Å². The third-order valence-electron chi connectivity index (χ3n) is 4.50. The van der Waals surface area contributed by atoms with E-state index in [1.807, 2.05) is 14.1 Å². The Labute approximate surface area is 128 Å². The smallest absolute Gasteiger partial charge is 0.178 e. The van der Waals surface area contributed by atoms with Gasteiger partial charge >= 0.3 is 0 Å². The van der Waals surface area contributed by atoms with Gasteiger partial charge in [0.25, 0.3) is 0 Å². The lowest BCUT2D eigenvalue weighted by Crippen LogP contribution is -2.30. The van der Waals surface area contributed by atoms with Crippen LogP contribution < -0.4 is 5.32 Å². The second-order valence-corrected chi connectivity index (χ2v) is 6.50. The first-order chi connectivity index (χ1) is 10.0. The zero-order chi connectivity index (χ0) is 15.4. The highest BCUT2D eigenvalue weighted by Gasteiger charge is 2.23. The van der Waals surface area contributed by atoms with E-state index in [-0.39, 0.29) is 5.78 Å². The van der Waals surface area contributed by atoms with E-state index in [4.69, 9.17) is 0 Å². The highest BCUT2D eigenvalue weighted by Crippen LogP contribution is 2.33. The molecule has 4 nitrogen and oxygen atoms in total. The van der Waals surface area contributed by atoms with Crippen molar-refractivity contribution in [1.82, 2.24) is 14.8 Å². The van der Waals surface area contributed by atoms with Crippen molar-refractivity contribution in [3.63, 3.8) is 0 Å². The maximum Gasteiger partial charge on any atom is 0.178 e. The van der Waals surface area contributed by atoms with Crippen LogP contribution in [-0.2, 0) is 0 Å². The molecule has 2 rings (SSSR count). The number of ketones is 1. The number of carbonyl (C=O) groups is 1. The van der Waals surface area contributed by atoms with Crippen molar-refractivity contribution in [3.8, 4) is 0 Å². The lowest BCUT2D eigenvalue weighted by molar-refractivity contribution is 0.0990. The molecule has 0 radical (unpaired) electrons. The van der Waals surface area contributed by atoms with Gasteiger partial charge in [-0.1, -0.05) is 12.8 Å². The van der Waals surface area contributed by atoms with Crippen LogP contribution in [-0.4, -0.2) is 49.0 Å². The molecule has 0 aromatic carbocycles. The van der Waals surface area contributed by atoms with Crippen LogP contribution in [0.25, 0.3) is 0 Å². The zero-order valence-corrected chi connectivity index (χ0v) is 13.9. The van der Waals surface area contributed by atoms with E-state index in [1.165, 1.54) is 31.4 Å². The monoisotopic (exact) mass is 291 g/mol. The topological polar surface area (TPSA) is 37.3 Å². The highest BCUT2D eigenvalue weighted by atomic mass is 16.1. The number of likely N-dealkylation sites (N-methyl/N-ethyl adjacent to an activating group) is 1. The fraction of sp³-hybridized carbons (Fsp3) is 0.706. The third-order valence-corrected chi connectivity index (χ3v) is 4.50. The van der Waals surface area contributed by atoms with Gasteiger partial charge in [-0.25, -0.2) is 0 Å². The number of Topliss-reactive ketones (excluding diaryl/α,β-unsaturated/α-hetero) is 1. The van der Waals surface area contributed by atoms with Crippen molar-refractivity contribution in [1.29, 1.82) is 0 Å². The molecular formula is C17H29N3O. The number of hydrogen-bond donors (Lipinski definition) is 1. The molecule has 0 amide bonds. The molecule has 1 aromatic rings. The Morgan fingerprint density at radius 3 is 2.62 bits per heavy atom. The fourth-order valence-corrected chi connectivity index (χ4v) is 3.38. The summed E-state index contributed by atoms with van der Waals surface area (Å²) >= 11 is 0. The Bertz CT molecular complexity index is 484. The van der Waals surface area contributed by atoms with Gasteiger partial charge in [0, 0.05) is 36.1 Å². The van der Waals surface area contributed by atoms with E-state index in [1.54, 1.807) is 0 Å². The number of aromatic nitrogens is 1. The maximum absolute atomic E-state index is 12.4. The van der Waals surface area contributed by atoms with Crippen LogP contribution in [0, 0.1) is 13.8 Å². The Kier molecular flexibility index (Phi) is 5.59. The van der Waals surface area contributed by atoms with Gasteiger partial charge < -0.3 is 14.8 Å². The predicted octanol–water partition coefficient (Wildman–Crippen LogP) is 2.55. The molecule has 0 aliphatic heterocycles. The van der Waals surface area contributed by atoms with Gasteiger partial charge in [0.1, 0.15) is 0 Å². The molecule has 1 fully saturated rings. The number of hydrogen-bond acceptors (Lipinski definition) is 3. The Morgan fingerprint density at radius 1 is 1.33 bits per heavy atom. The SMILES string of the molecule is Cc1cc(C(=O)CNCCN(C)C)c(C)n1C1CCCC1. The van der Waals surface area contributed by atoms with E-state index in [9.17, 15) is 4.79 Å². The summed E-state index contributed by atoms with van der Waals surface area (Å²) in [5.41, 5.74) is 3.28. The third kappa shape index (κ3) is 3.95. The second-order valence-electron chi connectivity index (χ2n) is 6.50. The van der Waals surface area contributed by atoms with Crippen molar-refractivity contribution in [3.05, 3.63) is 23.0 Å². The van der Waals surface area contributed by atoms with Gasteiger partial charge in [-0.3, -0.25) is 4.79 Å². The van der Waals surface area contributed by atoms with Crippen LogP contribution in [0.3, 0.4) is 0 Å². The Balaban J connectivity index is 1.99. The van der Waals surface area contributed by atoms with Gasteiger partial charge in [0.2, 0.25) is 0 Å². The van der Waals surface area contributed by atoms with Gasteiger partial charge in [-0.05, 0) is 46.9 Å². The summed E-state index contributed by atoms with van der Waals surface area (Å²) in [6.45, 7) is 6.46. The quantitative estimate of drug-likeness (QED) is 0.620. The molecule has 0 bridgehead atoms. The predicted molar refractivity (Wildman–Crippen MR) is 87.2 cm³/mol. The first kappa shape index (κ1) is 16.2. The van der Waals surface area contributed by atoms with Crippen LogP contribution in [0.15, 0.2) is 6.07 Å². The van der Waals surface area contributed by atoms with Crippen molar-refractivity contribution in [2.24, 2.45) is 0 Å². The molecule has 4 heteroatoms. The van der Waals surface area contributed by atoms with E-state index < -0.39 is 0 Å². The standard InChI is InChI=1S/C17H29N3O/c1-13-11-16(17(21)12-18-9-10-19(3)4)14(2)20(13)15-7-5-6-8-15/h11,15,18H,5-10,12H2,1-4H3. The minimum absolute atomic E-state index is 0.214. The molecule has 1 saturated carbocycles. The molecule has 0 saturated heterocycles. The lowest BCUT2D eigenvalue weighted by atomic mass is 10.1. The first-order valence-corrected chi connectivity index (χ1v) is 8.07. The molecule has 1 aromatic heterocycles. The molecule has 21 heavy (non-hydrogen) atoms. The van der Waals surface area contributed by atoms with Gasteiger partial charge in [-0.2, -0.15) is 0 Å². The van der Waals surface area contributed by atoms with Crippen molar-refractivity contribution >= 4 is 5.78 Å². The van der Waals surface area contributed by atoms with Gasteiger partial charge in [0.05, 0.1) is 6.54 Å². The first-order valence-electron chi connectivity index (χ1n) is 8.07. The number of nitrogens with one attached hydrogen (secondary N) is 1. The molecule has 0 atom stereocenters. The largest absolute Gasteiger partial charge is 0.345 e. The van der Waals surface area contributed by atoms with Crippen LogP contribution in [0.1, 0.15) is 53.5 Å². The van der Waals surface area contributed by atoms with Crippen LogP contribution in [0.4, 0.5) is 0 Å². The van der Waals surface area contributed by atoms with Crippen LogP contribution in [0.2, 0.25) is 0 Å². The molecular weight excluding hydrogens is 262 g/mol. The highest BCUT2D eigenvalue weighted by molar-refractivity contribution is 5.99. The molecule has 1 heterocycles. The normalized spacial score (nSPS) is 16.0. The number of aryl methyl sites for hydroxylation is 1. The summed E-state index contributed by atoms with van der Waals surface area (Å²) in [4.78, 5) is 14.5. The lowest BCUT2D eigenvalue weighted by Gasteiger charge is -2.17. The molecule has 1 aliphatic rings. The number of carbonyl (C=O) groups excluding carboxylic acids is 1. The summed E-state index contributed by atoms with van der Waals surface area (Å²) in [6.07, 6.45) is 5.14. The maximum atomic E-state index is 12.4. The molecule has 118 valence electrons. The van der Waals surface area contributed by atoms with E-state index in [0.29, 0.717) is 12.6 Å². The average molecular weight is 291 g/mol. The second kappa shape index (κ2) is 7.23. The summed E-state index contributed by atoms with van der Waals surface area (Å²) in [6, 6.07) is 2.68. The van der Waals surface area contributed by atoms with Gasteiger partial charge in [-0.15, -0.1) is 0 Å². The summed E-state index contributed by atoms with van der Waals surface area (Å²) in [5, 5.41) is 3.24.